The van der Waals surface area contributed by atoms with E-state index in [4.69, 9.17) is 4.74 Å². The minimum absolute atomic E-state index is 0.140. The summed E-state index contributed by atoms with van der Waals surface area (Å²) in [5, 5.41) is 0. The van der Waals surface area contributed by atoms with E-state index in [-0.39, 0.29) is 12.3 Å². The first-order valence-electron chi connectivity index (χ1n) is 5.55. The molecule has 1 aliphatic heterocycles. The summed E-state index contributed by atoms with van der Waals surface area (Å²) < 4.78 is 18.2. The van der Waals surface area contributed by atoms with Crippen LogP contribution in [0.25, 0.3) is 0 Å². The van der Waals surface area contributed by atoms with Gasteiger partial charge in [0.05, 0.1) is 11.3 Å². The molecule has 0 fully saturated rings. The molecule has 18 heavy (non-hydrogen) atoms. The van der Waals surface area contributed by atoms with Crippen molar-refractivity contribution in [2.75, 3.05) is 11.6 Å². The summed E-state index contributed by atoms with van der Waals surface area (Å²) in [5.74, 6) is -0.933. The summed E-state index contributed by atoms with van der Waals surface area (Å²) >= 11 is 0. The van der Waals surface area contributed by atoms with Crippen molar-refractivity contribution in [1.82, 2.24) is 0 Å². The lowest BCUT2D eigenvalue weighted by atomic mass is 10.1. The fourth-order valence-electron chi connectivity index (χ4n) is 2.00. The molecule has 0 aromatic heterocycles. The minimum atomic E-state index is -0.489. The van der Waals surface area contributed by atoms with Crippen LogP contribution in [0.5, 0.6) is 0 Å². The predicted molar refractivity (Wildman–Crippen MR) is 65.3 cm³/mol. The first kappa shape index (κ1) is 10.8. The highest BCUT2D eigenvalue weighted by Gasteiger charge is 2.25. The number of para-hydroxylation sites is 1. The van der Waals surface area contributed by atoms with E-state index < -0.39 is 11.8 Å². The maximum Gasteiger partial charge on any atom is 0.342 e. The topological polar surface area (TPSA) is 29.5 Å². The van der Waals surface area contributed by atoms with E-state index in [1.807, 2.05) is 35.2 Å². The molecule has 4 heteroatoms. The Balaban J connectivity index is 2.11. The lowest BCUT2D eigenvalue weighted by Gasteiger charge is -2.30. The molecule has 0 bridgehead atoms. The van der Waals surface area contributed by atoms with Gasteiger partial charge in [0.25, 0.3) is 0 Å². The Morgan fingerprint density at radius 2 is 1.89 bits per heavy atom. The SMILES string of the molecule is O=C1OCN(c2ccccc2)c2ccc(F)cc21. The average molecular weight is 243 g/mol. The van der Waals surface area contributed by atoms with Crippen LogP contribution in [0.1, 0.15) is 10.4 Å². The van der Waals surface area contributed by atoms with Gasteiger partial charge in [0, 0.05) is 5.69 Å². The Morgan fingerprint density at radius 3 is 2.67 bits per heavy atom. The third-order valence-electron chi connectivity index (χ3n) is 2.86. The molecule has 0 amide bonds. The van der Waals surface area contributed by atoms with Crippen molar-refractivity contribution in [2.24, 2.45) is 0 Å². The number of anilines is 2. The maximum absolute atomic E-state index is 13.2. The molecule has 90 valence electrons. The fraction of sp³-hybridized carbons (Fsp3) is 0.0714. The van der Waals surface area contributed by atoms with Gasteiger partial charge in [0.1, 0.15) is 5.82 Å². The largest absolute Gasteiger partial charge is 0.440 e. The van der Waals surface area contributed by atoms with E-state index in [1.54, 1.807) is 6.07 Å². The monoisotopic (exact) mass is 243 g/mol. The molecule has 2 aromatic rings. The summed E-state index contributed by atoms with van der Waals surface area (Å²) in [6.07, 6.45) is 0. The molecule has 0 saturated carbocycles. The van der Waals surface area contributed by atoms with Gasteiger partial charge in [-0.3, -0.25) is 0 Å². The Kier molecular flexibility index (Phi) is 2.48. The molecule has 0 radical (unpaired) electrons. The number of carbonyl (C=O) groups excluding carboxylic acids is 1. The van der Waals surface area contributed by atoms with Crippen molar-refractivity contribution in [3.8, 4) is 0 Å². The first-order valence-corrected chi connectivity index (χ1v) is 5.55. The van der Waals surface area contributed by atoms with E-state index in [2.05, 4.69) is 0 Å². The van der Waals surface area contributed by atoms with Crippen molar-refractivity contribution in [2.45, 2.75) is 0 Å². The van der Waals surface area contributed by atoms with E-state index >= 15 is 0 Å². The molecule has 0 spiro atoms. The molecule has 1 heterocycles. The van der Waals surface area contributed by atoms with E-state index in [0.717, 1.165) is 5.69 Å². The molecule has 0 N–H and O–H groups in total. The van der Waals surface area contributed by atoms with E-state index in [0.29, 0.717) is 5.69 Å². The summed E-state index contributed by atoms with van der Waals surface area (Å²) in [7, 11) is 0. The number of cyclic esters (lactones) is 1. The molecule has 0 saturated heterocycles. The van der Waals surface area contributed by atoms with Crippen molar-refractivity contribution in [3.63, 3.8) is 0 Å². The quantitative estimate of drug-likeness (QED) is 0.721. The van der Waals surface area contributed by atoms with Crippen LogP contribution in [0.2, 0.25) is 0 Å². The number of rotatable bonds is 1. The number of carbonyl (C=O) groups is 1. The third kappa shape index (κ3) is 1.72. The standard InChI is InChI=1S/C14H10FNO2/c15-10-6-7-13-12(8-10)14(17)18-9-16(13)11-4-2-1-3-5-11/h1-8H,9H2. The first-order chi connectivity index (χ1) is 8.75. The van der Waals surface area contributed by atoms with Crippen LogP contribution < -0.4 is 4.90 Å². The van der Waals surface area contributed by atoms with Crippen LogP contribution in [-0.4, -0.2) is 12.7 Å². The van der Waals surface area contributed by atoms with Gasteiger partial charge in [0.2, 0.25) is 0 Å². The highest BCUT2D eigenvalue weighted by atomic mass is 19.1. The van der Waals surface area contributed by atoms with Gasteiger partial charge >= 0.3 is 5.97 Å². The Morgan fingerprint density at radius 1 is 1.11 bits per heavy atom. The zero-order valence-electron chi connectivity index (χ0n) is 9.47. The zero-order chi connectivity index (χ0) is 12.5. The maximum atomic E-state index is 13.2. The van der Waals surface area contributed by atoms with Crippen LogP contribution in [0.4, 0.5) is 15.8 Å². The minimum Gasteiger partial charge on any atom is -0.440 e. The van der Waals surface area contributed by atoms with E-state index in [1.165, 1.54) is 12.1 Å². The third-order valence-corrected chi connectivity index (χ3v) is 2.86. The zero-order valence-corrected chi connectivity index (χ0v) is 9.47. The summed E-state index contributed by atoms with van der Waals surface area (Å²) in [6.45, 7) is 0.140. The van der Waals surface area contributed by atoms with Crippen LogP contribution in [0, 0.1) is 5.82 Å². The number of hydrogen-bond donors (Lipinski definition) is 0. The molecule has 3 nitrogen and oxygen atoms in total. The summed E-state index contributed by atoms with van der Waals surface area (Å²) in [6, 6.07) is 13.7. The number of hydrogen-bond acceptors (Lipinski definition) is 3. The molecule has 0 atom stereocenters. The lowest BCUT2D eigenvalue weighted by Crippen LogP contribution is -2.30. The van der Waals surface area contributed by atoms with Gasteiger partial charge in [-0.25, -0.2) is 9.18 Å². The molecular weight excluding hydrogens is 233 g/mol. The van der Waals surface area contributed by atoms with Crippen LogP contribution in [-0.2, 0) is 4.74 Å². The second kappa shape index (κ2) is 4.14. The smallest absolute Gasteiger partial charge is 0.342 e. The molecule has 3 rings (SSSR count). The number of halogens is 1. The second-order valence-corrected chi connectivity index (χ2v) is 3.99. The van der Waals surface area contributed by atoms with Gasteiger partial charge in [-0.05, 0) is 30.3 Å². The average Bonchev–Trinajstić information content (AvgIpc) is 2.41. The number of esters is 1. The normalized spacial score (nSPS) is 14.1. The number of ether oxygens (including phenoxy) is 1. The molecule has 0 aliphatic carbocycles. The Labute approximate surface area is 103 Å². The van der Waals surface area contributed by atoms with Crippen LogP contribution >= 0.6 is 0 Å². The lowest BCUT2D eigenvalue weighted by molar-refractivity contribution is 0.0493. The summed E-state index contributed by atoms with van der Waals surface area (Å²) in [4.78, 5) is 13.4. The van der Waals surface area contributed by atoms with Crippen molar-refractivity contribution >= 4 is 17.3 Å². The highest BCUT2D eigenvalue weighted by Crippen LogP contribution is 2.32. The molecule has 0 unspecified atom stereocenters. The Bertz CT molecular complexity index is 598. The van der Waals surface area contributed by atoms with Gasteiger partial charge in [-0.15, -0.1) is 0 Å². The number of nitrogens with zero attached hydrogens (tertiary/aromatic N) is 1. The fourth-order valence-corrected chi connectivity index (χ4v) is 2.00. The van der Waals surface area contributed by atoms with Crippen molar-refractivity contribution in [3.05, 3.63) is 59.9 Å². The summed E-state index contributed by atoms with van der Waals surface area (Å²) in [5.41, 5.74) is 1.82. The van der Waals surface area contributed by atoms with Gasteiger partial charge < -0.3 is 9.64 Å². The van der Waals surface area contributed by atoms with Gasteiger partial charge in [-0.1, -0.05) is 18.2 Å². The van der Waals surface area contributed by atoms with Crippen LogP contribution in [0.15, 0.2) is 48.5 Å². The van der Waals surface area contributed by atoms with Gasteiger partial charge in [-0.2, -0.15) is 0 Å². The molecule has 2 aromatic carbocycles. The highest BCUT2D eigenvalue weighted by molar-refractivity contribution is 5.98. The predicted octanol–water partition coefficient (Wildman–Crippen LogP) is 3.09. The van der Waals surface area contributed by atoms with Crippen molar-refractivity contribution in [1.29, 1.82) is 0 Å². The van der Waals surface area contributed by atoms with Crippen LogP contribution in [0.3, 0.4) is 0 Å². The number of fused-ring (bicyclic) bond motifs is 1. The van der Waals surface area contributed by atoms with Gasteiger partial charge in [0.15, 0.2) is 6.73 Å². The molecular formula is C14H10FNO2. The molecule has 1 aliphatic rings. The second-order valence-electron chi connectivity index (χ2n) is 3.99. The Hall–Kier alpha value is -2.36. The van der Waals surface area contributed by atoms with Crippen molar-refractivity contribution < 1.29 is 13.9 Å². The van der Waals surface area contributed by atoms with E-state index in [9.17, 15) is 9.18 Å². The number of benzene rings is 2.